The minimum absolute atomic E-state index is 0.0151. The first kappa shape index (κ1) is 13.8. The highest BCUT2D eigenvalue weighted by atomic mass is 16.8. The Labute approximate surface area is 114 Å². The zero-order valence-electron chi connectivity index (χ0n) is 12.5. The van der Waals surface area contributed by atoms with Crippen molar-refractivity contribution in [1.29, 1.82) is 0 Å². The molecule has 2 saturated heterocycles. The van der Waals surface area contributed by atoms with Crippen LogP contribution in [0.25, 0.3) is 0 Å². The average molecular weight is 272 g/mol. The highest BCUT2D eigenvalue weighted by molar-refractivity contribution is 5.06. The van der Waals surface area contributed by atoms with Gasteiger partial charge in [0.15, 0.2) is 11.6 Å². The van der Waals surface area contributed by atoms with Crippen molar-refractivity contribution >= 4 is 0 Å². The van der Waals surface area contributed by atoms with E-state index in [1.165, 1.54) is 0 Å². The van der Waals surface area contributed by atoms with Crippen LogP contribution in [0.5, 0.6) is 0 Å². The molecular weight excluding hydrogens is 248 g/mol. The third-order valence-electron chi connectivity index (χ3n) is 4.28. The lowest BCUT2D eigenvalue weighted by molar-refractivity contribution is -0.184. The summed E-state index contributed by atoms with van der Waals surface area (Å²) in [6.45, 7) is 9.88. The Morgan fingerprint density at radius 2 is 1.11 bits per heavy atom. The van der Waals surface area contributed by atoms with Gasteiger partial charge in [0.2, 0.25) is 0 Å². The van der Waals surface area contributed by atoms with Crippen LogP contribution in [0, 0.1) is 5.92 Å². The smallest absolute Gasteiger partial charge is 0.163 e. The van der Waals surface area contributed by atoms with Crippen molar-refractivity contribution < 1.29 is 23.7 Å². The zero-order chi connectivity index (χ0) is 14.0. The molecule has 6 atom stereocenters. The van der Waals surface area contributed by atoms with E-state index in [2.05, 4.69) is 6.92 Å². The Balaban J connectivity index is 1.91. The molecule has 0 aromatic carbocycles. The van der Waals surface area contributed by atoms with Gasteiger partial charge in [0.05, 0.1) is 12.2 Å². The normalized spacial score (nSPS) is 50.8. The maximum Gasteiger partial charge on any atom is 0.163 e. The molecule has 0 unspecified atom stereocenters. The van der Waals surface area contributed by atoms with Crippen molar-refractivity contribution in [3.8, 4) is 0 Å². The van der Waals surface area contributed by atoms with Crippen LogP contribution in [-0.4, -0.2) is 49.2 Å². The molecule has 0 aromatic heterocycles. The van der Waals surface area contributed by atoms with Gasteiger partial charge in [-0.05, 0) is 27.7 Å². The van der Waals surface area contributed by atoms with Crippen molar-refractivity contribution in [2.75, 3.05) is 7.11 Å². The first-order valence-corrected chi connectivity index (χ1v) is 6.98. The number of methoxy groups -OCH3 is 1. The SMILES string of the molecule is CO[C@@H]1[C@@H]2OC(C)(C)O[C@@H]2[C@@H](C)[C@@H]2OC(C)(C)O[C@@H]12. The van der Waals surface area contributed by atoms with Gasteiger partial charge in [-0.15, -0.1) is 0 Å². The molecule has 1 saturated carbocycles. The minimum Gasteiger partial charge on any atom is -0.376 e. The molecule has 19 heavy (non-hydrogen) atoms. The molecule has 2 aliphatic heterocycles. The molecule has 110 valence electrons. The van der Waals surface area contributed by atoms with Crippen molar-refractivity contribution in [2.24, 2.45) is 5.92 Å². The Morgan fingerprint density at radius 1 is 0.737 bits per heavy atom. The summed E-state index contributed by atoms with van der Waals surface area (Å²) in [6.07, 6.45) is -0.394. The van der Waals surface area contributed by atoms with E-state index >= 15 is 0 Å². The molecular formula is C14H24O5. The van der Waals surface area contributed by atoms with E-state index in [9.17, 15) is 0 Å². The van der Waals surface area contributed by atoms with Gasteiger partial charge in [-0.3, -0.25) is 0 Å². The van der Waals surface area contributed by atoms with Gasteiger partial charge in [0, 0.05) is 13.0 Å². The number of ether oxygens (including phenoxy) is 5. The van der Waals surface area contributed by atoms with E-state index in [1.807, 2.05) is 27.7 Å². The standard InChI is InChI=1S/C14H24O5/c1-7-8-11(18-13(2,3)16-8)10(15-6)12-9(7)17-14(4,5)19-12/h7-12H,1-6H3/t7-,8-,9+,10-,11-,12-/m1/s1. The Bertz CT molecular complexity index is 335. The molecule has 0 N–H and O–H groups in total. The predicted molar refractivity (Wildman–Crippen MR) is 67.6 cm³/mol. The topological polar surface area (TPSA) is 46.2 Å². The molecule has 0 amide bonds. The van der Waals surface area contributed by atoms with Crippen LogP contribution in [0.3, 0.4) is 0 Å². The second-order valence-corrected chi connectivity index (χ2v) is 6.69. The second kappa shape index (κ2) is 4.15. The zero-order valence-corrected chi connectivity index (χ0v) is 12.5. The molecule has 0 radical (unpaired) electrons. The van der Waals surface area contributed by atoms with E-state index in [0.29, 0.717) is 0 Å². The summed E-state index contributed by atoms with van der Waals surface area (Å²) in [4.78, 5) is 0. The van der Waals surface area contributed by atoms with Crippen molar-refractivity contribution in [3.05, 3.63) is 0 Å². The number of hydrogen-bond acceptors (Lipinski definition) is 5. The highest BCUT2D eigenvalue weighted by Gasteiger charge is 2.62. The fraction of sp³-hybridized carbons (Fsp3) is 1.00. The molecule has 5 nitrogen and oxygen atoms in total. The first-order valence-electron chi connectivity index (χ1n) is 6.98. The molecule has 3 aliphatic rings. The second-order valence-electron chi connectivity index (χ2n) is 6.69. The maximum atomic E-state index is 6.04. The Morgan fingerprint density at radius 3 is 1.47 bits per heavy atom. The third kappa shape index (κ3) is 2.12. The summed E-state index contributed by atoms with van der Waals surface area (Å²) >= 11 is 0. The van der Waals surface area contributed by atoms with Gasteiger partial charge in [-0.1, -0.05) is 6.92 Å². The number of hydrogen-bond donors (Lipinski definition) is 0. The lowest BCUT2D eigenvalue weighted by atomic mass is 9.79. The van der Waals surface area contributed by atoms with E-state index < -0.39 is 11.6 Å². The fourth-order valence-corrected chi connectivity index (χ4v) is 3.60. The van der Waals surface area contributed by atoms with Gasteiger partial charge >= 0.3 is 0 Å². The first-order chi connectivity index (χ1) is 8.74. The highest BCUT2D eigenvalue weighted by Crippen LogP contribution is 2.47. The van der Waals surface area contributed by atoms with Gasteiger partial charge < -0.3 is 23.7 Å². The third-order valence-corrected chi connectivity index (χ3v) is 4.28. The van der Waals surface area contributed by atoms with Crippen LogP contribution in [0.4, 0.5) is 0 Å². The largest absolute Gasteiger partial charge is 0.376 e. The average Bonchev–Trinajstić information content (AvgIpc) is 2.76. The fourth-order valence-electron chi connectivity index (χ4n) is 3.60. The minimum atomic E-state index is -0.575. The summed E-state index contributed by atoms with van der Waals surface area (Å²) < 4.78 is 29.8. The Hall–Kier alpha value is -0.200. The van der Waals surface area contributed by atoms with Crippen LogP contribution in [-0.2, 0) is 23.7 Å². The van der Waals surface area contributed by atoms with Gasteiger partial charge in [0.1, 0.15) is 18.3 Å². The van der Waals surface area contributed by atoms with E-state index in [0.717, 1.165) is 0 Å². The summed E-state index contributed by atoms with van der Waals surface area (Å²) in [7, 11) is 1.69. The summed E-state index contributed by atoms with van der Waals surface area (Å²) in [5, 5.41) is 0. The lowest BCUT2D eigenvalue weighted by Crippen LogP contribution is -2.58. The van der Waals surface area contributed by atoms with Crippen LogP contribution in [0.15, 0.2) is 0 Å². The van der Waals surface area contributed by atoms with Crippen molar-refractivity contribution in [1.82, 2.24) is 0 Å². The van der Waals surface area contributed by atoms with Crippen molar-refractivity contribution in [3.63, 3.8) is 0 Å². The Kier molecular flexibility index (Phi) is 3.01. The van der Waals surface area contributed by atoms with E-state index in [4.69, 9.17) is 23.7 Å². The van der Waals surface area contributed by atoms with E-state index in [-0.39, 0.29) is 36.4 Å². The lowest BCUT2D eigenvalue weighted by Gasteiger charge is -2.40. The number of rotatable bonds is 1. The monoisotopic (exact) mass is 272 g/mol. The van der Waals surface area contributed by atoms with Crippen LogP contribution in [0.1, 0.15) is 34.6 Å². The molecule has 3 fully saturated rings. The van der Waals surface area contributed by atoms with Crippen LogP contribution >= 0.6 is 0 Å². The van der Waals surface area contributed by atoms with Gasteiger partial charge in [0.25, 0.3) is 0 Å². The summed E-state index contributed by atoms with van der Waals surface area (Å²) in [6, 6.07) is 0. The molecule has 3 rings (SSSR count). The molecule has 2 heterocycles. The molecule has 5 heteroatoms. The molecule has 0 aromatic rings. The molecule has 1 aliphatic carbocycles. The quantitative estimate of drug-likeness (QED) is 0.727. The summed E-state index contributed by atoms with van der Waals surface area (Å²) in [5.74, 6) is -0.937. The molecule has 0 spiro atoms. The van der Waals surface area contributed by atoms with E-state index in [1.54, 1.807) is 7.11 Å². The van der Waals surface area contributed by atoms with Crippen LogP contribution < -0.4 is 0 Å². The van der Waals surface area contributed by atoms with Crippen molar-refractivity contribution in [2.45, 2.75) is 76.7 Å². The predicted octanol–water partition coefficient (Wildman–Crippen LogP) is 1.69. The van der Waals surface area contributed by atoms with Crippen LogP contribution in [0.2, 0.25) is 0 Å². The summed E-state index contributed by atoms with van der Waals surface area (Å²) in [5.41, 5.74) is 0. The van der Waals surface area contributed by atoms with Gasteiger partial charge in [-0.25, -0.2) is 0 Å². The molecule has 0 bridgehead atoms. The maximum absolute atomic E-state index is 6.04. The number of fused-ring (bicyclic) bond motifs is 2. The van der Waals surface area contributed by atoms with Gasteiger partial charge in [-0.2, -0.15) is 0 Å².